The second-order valence-corrected chi connectivity index (χ2v) is 6.62. The number of sulfonamides is 1. The minimum Gasteiger partial charge on any atom is -0.495 e. The SMILES string of the molecule is COc1cc(S(=O)(=O)N[C@H](C)c2ccco2)ccc1NC(C)=O. The number of hydrogen-bond donors (Lipinski definition) is 2. The van der Waals surface area contributed by atoms with E-state index < -0.39 is 16.1 Å². The molecule has 1 heterocycles. The van der Waals surface area contributed by atoms with Gasteiger partial charge in [-0.2, -0.15) is 0 Å². The van der Waals surface area contributed by atoms with Gasteiger partial charge in [0.15, 0.2) is 0 Å². The fraction of sp³-hybridized carbons (Fsp3) is 0.267. The average Bonchev–Trinajstić information content (AvgIpc) is 3.00. The number of rotatable bonds is 6. The van der Waals surface area contributed by atoms with Crippen LogP contribution in [-0.2, 0) is 14.8 Å². The van der Waals surface area contributed by atoms with Gasteiger partial charge >= 0.3 is 0 Å². The van der Waals surface area contributed by atoms with Gasteiger partial charge in [-0.15, -0.1) is 0 Å². The van der Waals surface area contributed by atoms with Crippen LogP contribution in [0.4, 0.5) is 5.69 Å². The number of carbonyl (C=O) groups is 1. The Labute approximate surface area is 134 Å². The van der Waals surface area contributed by atoms with Gasteiger partial charge in [0.2, 0.25) is 15.9 Å². The quantitative estimate of drug-likeness (QED) is 0.842. The third-order valence-corrected chi connectivity index (χ3v) is 4.63. The van der Waals surface area contributed by atoms with E-state index in [0.29, 0.717) is 11.4 Å². The first-order valence-corrected chi connectivity index (χ1v) is 8.33. The molecule has 0 saturated heterocycles. The first-order chi connectivity index (χ1) is 10.8. The molecule has 0 aliphatic rings. The van der Waals surface area contributed by atoms with E-state index in [2.05, 4.69) is 10.0 Å². The van der Waals surface area contributed by atoms with Gasteiger partial charge in [-0.05, 0) is 31.2 Å². The first kappa shape index (κ1) is 17.0. The first-order valence-electron chi connectivity index (χ1n) is 6.85. The molecule has 1 atom stereocenters. The topological polar surface area (TPSA) is 97.6 Å². The number of amides is 1. The van der Waals surface area contributed by atoms with E-state index in [4.69, 9.17) is 9.15 Å². The monoisotopic (exact) mass is 338 g/mol. The van der Waals surface area contributed by atoms with Gasteiger partial charge < -0.3 is 14.5 Å². The van der Waals surface area contributed by atoms with Crippen LogP contribution in [0.2, 0.25) is 0 Å². The van der Waals surface area contributed by atoms with Gasteiger partial charge in [0, 0.05) is 13.0 Å². The third-order valence-electron chi connectivity index (χ3n) is 3.10. The van der Waals surface area contributed by atoms with Crippen molar-refractivity contribution in [2.24, 2.45) is 0 Å². The van der Waals surface area contributed by atoms with E-state index in [0.717, 1.165) is 0 Å². The molecule has 8 heteroatoms. The Bertz CT molecular complexity index is 784. The smallest absolute Gasteiger partial charge is 0.241 e. The highest BCUT2D eigenvalue weighted by Gasteiger charge is 2.21. The van der Waals surface area contributed by atoms with Crippen molar-refractivity contribution in [3.05, 3.63) is 42.4 Å². The van der Waals surface area contributed by atoms with Crippen molar-refractivity contribution in [2.45, 2.75) is 24.8 Å². The van der Waals surface area contributed by atoms with Crippen LogP contribution in [0, 0.1) is 0 Å². The number of benzene rings is 1. The lowest BCUT2D eigenvalue weighted by Crippen LogP contribution is -2.26. The highest BCUT2D eigenvalue weighted by Crippen LogP contribution is 2.28. The normalized spacial score (nSPS) is 12.7. The Morgan fingerprint density at radius 2 is 2.04 bits per heavy atom. The molecular formula is C15H18N2O5S. The molecule has 0 saturated carbocycles. The number of hydrogen-bond acceptors (Lipinski definition) is 5. The van der Waals surface area contributed by atoms with Gasteiger partial charge in [-0.25, -0.2) is 13.1 Å². The summed E-state index contributed by atoms with van der Waals surface area (Å²) in [6, 6.07) is 7.08. The molecule has 23 heavy (non-hydrogen) atoms. The molecule has 2 rings (SSSR count). The van der Waals surface area contributed by atoms with Crippen LogP contribution in [0.15, 0.2) is 45.9 Å². The number of methoxy groups -OCH3 is 1. The number of nitrogens with one attached hydrogen (secondary N) is 2. The number of anilines is 1. The predicted molar refractivity (Wildman–Crippen MR) is 84.7 cm³/mol. The van der Waals surface area contributed by atoms with Gasteiger partial charge in [0.05, 0.1) is 30.0 Å². The third kappa shape index (κ3) is 4.11. The molecular weight excluding hydrogens is 320 g/mol. The molecule has 2 aromatic rings. The zero-order valence-corrected chi connectivity index (χ0v) is 13.8. The number of furan rings is 1. The molecule has 0 aliphatic heterocycles. The fourth-order valence-electron chi connectivity index (χ4n) is 2.03. The summed E-state index contributed by atoms with van der Waals surface area (Å²) in [5.74, 6) is 0.493. The van der Waals surface area contributed by atoms with Crippen LogP contribution >= 0.6 is 0 Å². The molecule has 124 valence electrons. The van der Waals surface area contributed by atoms with Crippen molar-refractivity contribution in [1.82, 2.24) is 4.72 Å². The van der Waals surface area contributed by atoms with Gasteiger partial charge in [0.1, 0.15) is 11.5 Å². The van der Waals surface area contributed by atoms with Gasteiger partial charge in [-0.1, -0.05) is 0 Å². The van der Waals surface area contributed by atoms with Crippen LogP contribution in [0.3, 0.4) is 0 Å². The lowest BCUT2D eigenvalue weighted by molar-refractivity contribution is -0.114. The Morgan fingerprint density at radius 3 is 2.61 bits per heavy atom. The molecule has 7 nitrogen and oxygen atoms in total. The maximum absolute atomic E-state index is 12.4. The van der Waals surface area contributed by atoms with E-state index in [1.807, 2.05) is 0 Å². The van der Waals surface area contributed by atoms with Crippen molar-refractivity contribution in [3.8, 4) is 5.75 Å². The summed E-state index contributed by atoms with van der Waals surface area (Å²) in [7, 11) is -2.37. The minimum absolute atomic E-state index is 0.0295. The second-order valence-electron chi connectivity index (χ2n) is 4.90. The standard InChI is InChI=1S/C15H18N2O5S/c1-10(14-5-4-8-22-14)17-23(19,20)12-6-7-13(16-11(2)18)15(9-12)21-3/h4-10,17H,1-3H3,(H,16,18)/t10-/m1/s1. The maximum Gasteiger partial charge on any atom is 0.241 e. The van der Waals surface area contributed by atoms with Crippen molar-refractivity contribution in [3.63, 3.8) is 0 Å². The highest BCUT2D eigenvalue weighted by atomic mass is 32.2. The molecule has 0 bridgehead atoms. The van der Waals surface area contributed by atoms with Crippen molar-refractivity contribution in [1.29, 1.82) is 0 Å². The summed E-state index contributed by atoms with van der Waals surface area (Å²) in [5, 5.41) is 2.57. The average molecular weight is 338 g/mol. The summed E-state index contributed by atoms with van der Waals surface area (Å²) in [6.07, 6.45) is 1.48. The van der Waals surface area contributed by atoms with Crippen LogP contribution in [0.1, 0.15) is 25.6 Å². The Hall–Kier alpha value is -2.32. The molecule has 2 N–H and O–H groups in total. The lowest BCUT2D eigenvalue weighted by Gasteiger charge is -2.14. The number of ether oxygens (including phenoxy) is 1. The second kappa shape index (κ2) is 6.84. The van der Waals surface area contributed by atoms with Crippen molar-refractivity contribution in [2.75, 3.05) is 12.4 Å². The zero-order chi connectivity index (χ0) is 17.0. The molecule has 1 aromatic heterocycles. The Kier molecular flexibility index (Phi) is 5.07. The summed E-state index contributed by atoms with van der Waals surface area (Å²) < 4.78 is 37.7. The van der Waals surface area contributed by atoms with Crippen LogP contribution in [-0.4, -0.2) is 21.4 Å². The lowest BCUT2D eigenvalue weighted by atomic mass is 10.3. The molecule has 0 fully saturated rings. The summed E-state index contributed by atoms with van der Waals surface area (Å²) in [4.78, 5) is 11.2. The number of carbonyl (C=O) groups excluding carboxylic acids is 1. The van der Waals surface area contributed by atoms with Crippen molar-refractivity contribution < 1.29 is 22.4 Å². The summed E-state index contributed by atoms with van der Waals surface area (Å²) >= 11 is 0. The van der Waals surface area contributed by atoms with E-state index in [9.17, 15) is 13.2 Å². The minimum atomic E-state index is -3.77. The highest BCUT2D eigenvalue weighted by molar-refractivity contribution is 7.89. The van der Waals surface area contributed by atoms with Crippen molar-refractivity contribution >= 4 is 21.6 Å². The molecule has 0 spiro atoms. The van der Waals surface area contributed by atoms with Crippen LogP contribution in [0.25, 0.3) is 0 Å². The Morgan fingerprint density at radius 1 is 1.30 bits per heavy atom. The van der Waals surface area contributed by atoms with Gasteiger partial charge in [0.25, 0.3) is 0 Å². The van der Waals surface area contributed by atoms with E-state index in [1.165, 1.54) is 38.5 Å². The fourth-order valence-corrected chi connectivity index (χ4v) is 3.26. The molecule has 0 aliphatic carbocycles. The zero-order valence-electron chi connectivity index (χ0n) is 13.0. The van der Waals surface area contributed by atoms with Gasteiger partial charge in [-0.3, -0.25) is 4.79 Å². The van der Waals surface area contributed by atoms with Crippen LogP contribution in [0.5, 0.6) is 5.75 Å². The van der Waals surface area contributed by atoms with E-state index in [-0.39, 0.29) is 16.6 Å². The van der Waals surface area contributed by atoms with Crippen LogP contribution < -0.4 is 14.8 Å². The predicted octanol–water partition coefficient (Wildman–Crippen LogP) is 2.29. The van der Waals surface area contributed by atoms with E-state index >= 15 is 0 Å². The summed E-state index contributed by atoms with van der Waals surface area (Å²) in [5.41, 5.74) is 0.401. The maximum atomic E-state index is 12.4. The molecule has 0 unspecified atom stereocenters. The summed E-state index contributed by atoms with van der Waals surface area (Å²) in [6.45, 7) is 3.04. The molecule has 1 amide bonds. The molecule has 1 aromatic carbocycles. The van der Waals surface area contributed by atoms with E-state index in [1.54, 1.807) is 19.1 Å². The largest absolute Gasteiger partial charge is 0.495 e. The Balaban J connectivity index is 2.27. The molecule has 0 radical (unpaired) electrons.